The molecule has 0 aliphatic heterocycles. The largest absolute Gasteiger partial charge is 0.481 e. The number of rotatable bonds is 30. The number of hydrogen-bond donors (Lipinski definition) is 6. The monoisotopic (exact) mass is 617 g/mol. The van der Waals surface area contributed by atoms with Gasteiger partial charge in [-0.1, -0.05) is 12.8 Å². The van der Waals surface area contributed by atoms with Crippen LogP contribution in [0.4, 0.5) is 0 Å². The van der Waals surface area contributed by atoms with E-state index in [2.05, 4.69) is 36.6 Å². The van der Waals surface area contributed by atoms with Crippen molar-refractivity contribution < 1.29 is 43.2 Å². The van der Waals surface area contributed by atoms with Crippen LogP contribution in [0.5, 0.6) is 0 Å². The topological polar surface area (TPSA) is 259 Å². The van der Waals surface area contributed by atoms with E-state index in [0.717, 1.165) is 0 Å². The first-order valence-corrected chi connectivity index (χ1v) is 14.3. The fourth-order valence-electron chi connectivity index (χ4n) is 3.53. The highest BCUT2D eigenvalue weighted by atomic mass is 16.6. The first-order valence-electron chi connectivity index (χ1n) is 14.3. The van der Waals surface area contributed by atoms with Crippen LogP contribution in [-0.4, -0.2) is 113 Å². The fraction of sp³-hybridized carbons (Fsp3) is 0.840. The minimum atomic E-state index is -0.911. The number of carboxylic acid groups (broad SMARTS) is 1. The molecule has 0 aliphatic carbocycles. The van der Waals surface area contributed by atoms with E-state index in [0.29, 0.717) is 91.3 Å². The molecule has 18 heteroatoms. The summed E-state index contributed by atoms with van der Waals surface area (Å²) in [4.78, 5) is 50.8. The average Bonchev–Trinajstić information content (AvgIpc) is 2.97. The number of unbranched alkanes of at least 4 members (excludes halogenated alkanes) is 2. The van der Waals surface area contributed by atoms with Gasteiger partial charge in [0.25, 0.3) is 0 Å². The molecule has 0 fully saturated rings. The van der Waals surface area contributed by atoms with Crippen LogP contribution < -0.4 is 26.3 Å². The van der Waals surface area contributed by atoms with Gasteiger partial charge in [0, 0.05) is 13.5 Å². The molecule has 43 heavy (non-hydrogen) atoms. The minimum Gasteiger partial charge on any atom is -0.481 e. The summed E-state index contributed by atoms with van der Waals surface area (Å²) in [5.41, 5.74) is 17.6. The molecule has 0 radical (unpaired) electrons. The fourth-order valence-corrected chi connectivity index (χ4v) is 3.53. The van der Waals surface area contributed by atoms with Gasteiger partial charge in [0.2, 0.25) is 22.6 Å². The lowest BCUT2D eigenvalue weighted by Gasteiger charge is -2.23. The number of nitrogens with zero attached hydrogens (tertiary/aromatic N) is 4. The van der Waals surface area contributed by atoms with Gasteiger partial charge in [-0.2, -0.15) is 0 Å². The van der Waals surface area contributed by atoms with Gasteiger partial charge in [-0.3, -0.25) is 24.4 Å². The maximum atomic E-state index is 13.0. The maximum Gasteiger partial charge on any atom is 0.305 e. The molecule has 0 heterocycles. The average molecular weight is 618 g/mol. The van der Waals surface area contributed by atoms with Gasteiger partial charge in [-0.25, -0.2) is 0 Å². The number of carboxylic acids is 1. The Morgan fingerprint density at radius 2 is 1.35 bits per heavy atom. The molecule has 0 bridgehead atoms. The molecule has 0 aromatic rings. The zero-order valence-electron chi connectivity index (χ0n) is 24.9. The van der Waals surface area contributed by atoms with E-state index in [-0.39, 0.29) is 32.1 Å². The van der Waals surface area contributed by atoms with E-state index < -0.39 is 29.9 Å². The summed E-state index contributed by atoms with van der Waals surface area (Å²) in [6.07, 6.45) is 2.91. The molecule has 0 aliphatic rings. The molecular formula is C25H47N9O9. The Bertz CT molecular complexity index is 845. The molecule has 0 spiro atoms. The maximum absolute atomic E-state index is 13.0. The van der Waals surface area contributed by atoms with Crippen LogP contribution in [0.25, 0.3) is 5.53 Å². The molecule has 0 aromatic heterocycles. The summed E-state index contributed by atoms with van der Waals surface area (Å²) in [5.74, 6) is -2.16. The van der Waals surface area contributed by atoms with Crippen molar-refractivity contribution in [1.29, 1.82) is 5.53 Å². The zero-order valence-corrected chi connectivity index (χ0v) is 24.9. The van der Waals surface area contributed by atoms with Crippen molar-refractivity contribution >= 4 is 23.7 Å². The van der Waals surface area contributed by atoms with Crippen molar-refractivity contribution in [3.63, 3.8) is 0 Å². The van der Waals surface area contributed by atoms with Crippen LogP contribution in [0, 0.1) is 5.53 Å². The normalized spacial score (nSPS) is 11.9. The van der Waals surface area contributed by atoms with Crippen molar-refractivity contribution in [2.45, 2.75) is 64.0 Å². The number of hydrogen-bond acceptors (Lipinski definition) is 11. The Hall–Kier alpha value is -3.57. The second-order valence-electron chi connectivity index (χ2n) is 9.16. The second kappa shape index (κ2) is 28.5. The highest BCUT2D eigenvalue weighted by Crippen LogP contribution is 2.06. The summed E-state index contributed by atoms with van der Waals surface area (Å²) in [7, 11) is 0. The van der Waals surface area contributed by atoms with Gasteiger partial charge in [0.15, 0.2) is 0 Å². The molecule has 3 amide bonds. The number of nitrogens with one attached hydrogen (secondary N) is 5. The van der Waals surface area contributed by atoms with Crippen molar-refractivity contribution in [3.8, 4) is 0 Å². The Balaban J connectivity index is 4.41. The van der Waals surface area contributed by atoms with Crippen LogP contribution in [0.2, 0.25) is 0 Å². The third-order valence-electron chi connectivity index (χ3n) is 5.62. The molecule has 18 nitrogen and oxygen atoms in total. The highest BCUT2D eigenvalue weighted by Gasteiger charge is 2.25. The van der Waals surface area contributed by atoms with Gasteiger partial charge in [-0.05, 0) is 32.2 Å². The van der Waals surface area contributed by atoms with Crippen LogP contribution in [0.1, 0.15) is 51.9 Å². The quantitative estimate of drug-likeness (QED) is 0.0273. The molecule has 2 atom stereocenters. The van der Waals surface area contributed by atoms with Crippen LogP contribution in [-0.2, 0) is 38.1 Å². The van der Waals surface area contributed by atoms with Gasteiger partial charge < -0.3 is 51.0 Å². The third-order valence-corrected chi connectivity index (χ3v) is 5.62. The van der Waals surface area contributed by atoms with Crippen molar-refractivity contribution in [3.05, 3.63) is 5.53 Å². The number of carbonyl (C=O) groups excluding carboxylic acids is 3. The molecule has 6 N–H and O–H groups in total. The highest BCUT2D eigenvalue weighted by molar-refractivity contribution is 5.91. The standard InChI is InChI=1S/C25H47N9O9/c1-20(35)31-22(7-3-5-10-30-34-27)25(39)32-21(6-2-4-9-29-33-26)24(38)28-11-13-41-15-17-43-19-18-42-16-14-40-12-8-23(36)37/h21-22,27H,2-19H2,1H3,(H5-,26,28,29,31,32,35,36,37,38,39)/t21-,22-/m0/s1. The predicted octanol–water partition coefficient (Wildman–Crippen LogP) is 0.0504. The van der Waals surface area contributed by atoms with Crippen molar-refractivity contribution in [2.75, 3.05) is 72.5 Å². The van der Waals surface area contributed by atoms with E-state index in [1.807, 2.05) is 0 Å². The third kappa shape index (κ3) is 25.8. The van der Waals surface area contributed by atoms with Gasteiger partial charge in [0.1, 0.15) is 29.3 Å². The Morgan fingerprint density at radius 1 is 0.791 bits per heavy atom. The van der Waals surface area contributed by atoms with Gasteiger partial charge in [-0.15, -0.1) is 0 Å². The van der Waals surface area contributed by atoms with E-state index in [1.165, 1.54) is 6.92 Å². The summed E-state index contributed by atoms with van der Waals surface area (Å²) in [5, 5.41) is 23.0. The summed E-state index contributed by atoms with van der Waals surface area (Å²) in [6.45, 7) is 4.62. The summed E-state index contributed by atoms with van der Waals surface area (Å²) in [6, 6.07) is -1.68. The Kier molecular flexibility index (Phi) is 26.2. The van der Waals surface area contributed by atoms with Crippen LogP contribution >= 0.6 is 0 Å². The van der Waals surface area contributed by atoms with Crippen LogP contribution in [0.15, 0.2) is 10.3 Å². The first-order chi connectivity index (χ1) is 20.8. The summed E-state index contributed by atoms with van der Waals surface area (Å²) < 4.78 is 21.3. The molecule has 0 saturated heterocycles. The number of carbonyl (C=O) groups is 4. The molecule has 246 valence electrons. The SMILES string of the molecule is CC(=O)N[C@@H](CCCCN=[N+]=N)C(=O)N[C@@H](CCCCNN=[N-])C(=O)NCCOCCOCCOCCOCCC(=O)O. The van der Waals surface area contributed by atoms with E-state index >= 15 is 0 Å². The first kappa shape index (κ1) is 39.4. The lowest BCUT2D eigenvalue weighted by Crippen LogP contribution is -2.53. The van der Waals surface area contributed by atoms with Gasteiger partial charge >= 0.3 is 5.97 Å². The molecule has 0 rings (SSSR count). The Labute approximate surface area is 251 Å². The molecule has 0 aromatic carbocycles. The zero-order chi connectivity index (χ0) is 32.0. The van der Waals surface area contributed by atoms with E-state index in [4.69, 9.17) is 35.1 Å². The second-order valence-corrected chi connectivity index (χ2v) is 9.16. The smallest absolute Gasteiger partial charge is 0.305 e. The molecule has 0 unspecified atom stereocenters. The van der Waals surface area contributed by atoms with E-state index in [1.54, 1.807) is 0 Å². The lowest BCUT2D eigenvalue weighted by molar-refractivity contribution is -0.138. The predicted molar refractivity (Wildman–Crippen MR) is 152 cm³/mol. The van der Waals surface area contributed by atoms with Crippen molar-refractivity contribution in [1.82, 2.24) is 26.3 Å². The molecule has 0 saturated carbocycles. The van der Waals surface area contributed by atoms with Gasteiger partial charge in [0.05, 0.1) is 59.3 Å². The number of aliphatic carboxylic acids is 1. The van der Waals surface area contributed by atoms with E-state index in [9.17, 15) is 19.2 Å². The molecular weight excluding hydrogens is 570 g/mol. The number of amides is 3. The Morgan fingerprint density at radius 3 is 1.91 bits per heavy atom. The lowest BCUT2D eigenvalue weighted by atomic mass is 10.1. The minimum absolute atomic E-state index is 0.0457. The number of ether oxygens (including phenoxy) is 4. The van der Waals surface area contributed by atoms with Crippen molar-refractivity contribution in [2.24, 2.45) is 10.3 Å². The summed E-state index contributed by atoms with van der Waals surface area (Å²) >= 11 is 0. The van der Waals surface area contributed by atoms with Crippen LogP contribution in [0.3, 0.4) is 0 Å².